The first-order valence-corrected chi connectivity index (χ1v) is 8.77. The van der Waals surface area contributed by atoms with Crippen LogP contribution in [0.5, 0.6) is 0 Å². The molecular weight excluding hydrogens is 397 g/mol. The van der Waals surface area contributed by atoms with Gasteiger partial charge in [0, 0.05) is 47.6 Å². The van der Waals surface area contributed by atoms with Gasteiger partial charge in [-0.05, 0) is 37.1 Å². The van der Waals surface area contributed by atoms with E-state index < -0.39 is 6.10 Å². The van der Waals surface area contributed by atoms with Crippen LogP contribution in [0.15, 0.2) is 24.3 Å². The summed E-state index contributed by atoms with van der Waals surface area (Å²) in [5.41, 5.74) is 2.40. The molecule has 142 valence electrons. The van der Waals surface area contributed by atoms with Crippen LogP contribution in [-0.2, 0) is 0 Å². The summed E-state index contributed by atoms with van der Waals surface area (Å²) in [7, 11) is 0. The van der Waals surface area contributed by atoms with Crippen LogP contribution in [0.3, 0.4) is 0 Å². The van der Waals surface area contributed by atoms with Gasteiger partial charge >= 0.3 is 0 Å². The van der Waals surface area contributed by atoms with Crippen molar-refractivity contribution in [2.75, 3.05) is 19.6 Å². The Labute approximate surface area is 169 Å². The Bertz CT molecular complexity index is 799. The maximum absolute atomic E-state index is 12.7. The third kappa shape index (κ3) is 4.41. The van der Waals surface area contributed by atoms with Gasteiger partial charge in [0.15, 0.2) is 0 Å². The van der Waals surface area contributed by atoms with Crippen LogP contribution in [0.25, 0.3) is 10.9 Å². The number of pyridine rings is 1. The second-order valence-electron chi connectivity index (χ2n) is 6.73. The van der Waals surface area contributed by atoms with Gasteiger partial charge < -0.3 is 15.7 Å². The summed E-state index contributed by atoms with van der Waals surface area (Å²) >= 11 is 6.11. The van der Waals surface area contributed by atoms with Gasteiger partial charge in [0.2, 0.25) is 0 Å². The van der Waals surface area contributed by atoms with E-state index in [1.807, 2.05) is 12.1 Å². The highest BCUT2D eigenvalue weighted by atomic mass is 35.5. The number of nitrogens with zero attached hydrogens (tertiary/aromatic N) is 1. The number of carbonyl (C=O) groups excluding carboxylic acids is 1. The van der Waals surface area contributed by atoms with Gasteiger partial charge in [-0.1, -0.05) is 11.6 Å². The van der Waals surface area contributed by atoms with Gasteiger partial charge in [-0.15, -0.1) is 24.8 Å². The average molecular weight is 419 g/mol. The normalized spacial score (nSPS) is 21.8. The molecule has 1 aliphatic heterocycles. The molecule has 2 heterocycles. The van der Waals surface area contributed by atoms with E-state index in [0.717, 1.165) is 36.0 Å². The van der Waals surface area contributed by atoms with Gasteiger partial charge in [-0.3, -0.25) is 9.78 Å². The predicted octanol–water partition coefficient (Wildman–Crippen LogP) is 2.92. The van der Waals surface area contributed by atoms with Crippen LogP contribution in [0.4, 0.5) is 0 Å². The number of nitrogens with one attached hydrogen (secondary N) is 2. The van der Waals surface area contributed by atoms with Gasteiger partial charge in [0.1, 0.15) is 0 Å². The first kappa shape index (κ1) is 21.2. The summed E-state index contributed by atoms with van der Waals surface area (Å²) < 4.78 is 0. The van der Waals surface area contributed by atoms with Crippen molar-refractivity contribution < 1.29 is 9.90 Å². The van der Waals surface area contributed by atoms with Crippen LogP contribution >= 0.6 is 36.4 Å². The number of β-amino-alcohol motifs (C(OH)–C–C–N with tert-alkyl or cyclic N) is 1. The Morgan fingerprint density at radius 3 is 2.69 bits per heavy atom. The Hall–Kier alpha value is -1.11. The summed E-state index contributed by atoms with van der Waals surface area (Å²) in [4.78, 5) is 17.4. The monoisotopic (exact) mass is 417 g/mol. The number of aromatic nitrogens is 1. The van der Waals surface area contributed by atoms with E-state index in [1.54, 1.807) is 12.1 Å². The lowest BCUT2D eigenvalue weighted by Crippen LogP contribution is -2.34. The van der Waals surface area contributed by atoms with Gasteiger partial charge in [0.05, 0.1) is 17.2 Å². The zero-order chi connectivity index (χ0) is 16.7. The molecule has 1 aromatic carbocycles. The molecule has 0 bridgehead atoms. The molecule has 3 N–H and O–H groups in total. The molecule has 1 aromatic heterocycles. The predicted molar refractivity (Wildman–Crippen MR) is 108 cm³/mol. The topological polar surface area (TPSA) is 74.2 Å². The van der Waals surface area contributed by atoms with Crippen molar-refractivity contribution in [3.05, 3.63) is 40.5 Å². The largest absolute Gasteiger partial charge is 0.391 e. The number of rotatable bonds is 4. The highest BCUT2D eigenvalue weighted by Gasteiger charge is 2.28. The molecule has 0 spiro atoms. The maximum Gasteiger partial charge on any atom is 0.252 e. The molecule has 0 radical (unpaired) electrons. The number of fused-ring (bicyclic) bond motifs is 1. The first-order chi connectivity index (χ1) is 11.6. The van der Waals surface area contributed by atoms with Gasteiger partial charge in [-0.25, -0.2) is 0 Å². The number of hydrogen-bond acceptors (Lipinski definition) is 4. The molecule has 5 nitrogen and oxygen atoms in total. The van der Waals surface area contributed by atoms with Gasteiger partial charge in [-0.2, -0.15) is 0 Å². The fourth-order valence-corrected chi connectivity index (χ4v) is 3.41. The number of aliphatic hydroxyl groups excluding tert-OH is 1. The minimum Gasteiger partial charge on any atom is -0.391 e. The van der Waals surface area contributed by atoms with E-state index in [9.17, 15) is 9.90 Å². The van der Waals surface area contributed by atoms with Crippen LogP contribution in [0.1, 0.15) is 34.8 Å². The highest BCUT2D eigenvalue weighted by molar-refractivity contribution is 6.31. The van der Waals surface area contributed by atoms with Crippen molar-refractivity contribution in [1.29, 1.82) is 0 Å². The maximum atomic E-state index is 12.7. The fourth-order valence-electron chi connectivity index (χ4n) is 3.24. The standard InChI is InChI=1S/C18H20ClN3O2.2ClH/c19-12-3-4-15-13(5-12)14(6-16(22-15)10-1-2-10)18(24)21-8-11-7-20-9-17(11)23;;/h3-6,10-11,17,20,23H,1-2,7-9H2,(H,21,24);2*1H. The van der Waals surface area contributed by atoms with E-state index in [2.05, 4.69) is 15.6 Å². The first-order valence-electron chi connectivity index (χ1n) is 8.39. The lowest BCUT2D eigenvalue weighted by molar-refractivity contribution is 0.0928. The molecule has 2 atom stereocenters. The Kier molecular flexibility index (Phi) is 7.11. The van der Waals surface area contributed by atoms with Crippen molar-refractivity contribution in [3.8, 4) is 0 Å². The molecule has 26 heavy (non-hydrogen) atoms. The summed E-state index contributed by atoms with van der Waals surface area (Å²) in [5.74, 6) is 0.386. The van der Waals surface area contributed by atoms with Gasteiger partial charge in [0.25, 0.3) is 5.91 Å². The number of aliphatic hydroxyl groups is 1. The third-order valence-corrected chi connectivity index (χ3v) is 5.09. The van der Waals surface area contributed by atoms with Crippen molar-refractivity contribution in [3.63, 3.8) is 0 Å². The molecule has 2 unspecified atom stereocenters. The molecule has 1 saturated carbocycles. The summed E-state index contributed by atoms with van der Waals surface area (Å²) in [6.07, 6.45) is 1.86. The molecule has 4 rings (SSSR count). The van der Waals surface area contributed by atoms with Crippen molar-refractivity contribution >= 4 is 53.2 Å². The van der Waals surface area contributed by atoms with Crippen LogP contribution in [0.2, 0.25) is 5.02 Å². The fraction of sp³-hybridized carbons (Fsp3) is 0.444. The number of hydrogen-bond donors (Lipinski definition) is 3. The second kappa shape index (κ2) is 8.72. The summed E-state index contributed by atoms with van der Waals surface area (Å²) in [6, 6.07) is 7.36. The van der Waals surface area contributed by atoms with Crippen molar-refractivity contribution in [1.82, 2.24) is 15.6 Å². The minimum atomic E-state index is -0.407. The van der Waals surface area contributed by atoms with E-state index in [-0.39, 0.29) is 36.6 Å². The molecule has 1 saturated heterocycles. The Morgan fingerprint density at radius 2 is 2.04 bits per heavy atom. The number of halogens is 3. The van der Waals surface area contributed by atoms with E-state index in [0.29, 0.717) is 29.6 Å². The Balaban J connectivity index is 0.00000121. The lowest BCUT2D eigenvalue weighted by atomic mass is 10.0. The second-order valence-corrected chi connectivity index (χ2v) is 7.16. The van der Waals surface area contributed by atoms with E-state index in [1.165, 1.54) is 0 Å². The van der Waals surface area contributed by atoms with E-state index >= 15 is 0 Å². The Morgan fingerprint density at radius 1 is 1.27 bits per heavy atom. The average Bonchev–Trinajstić information content (AvgIpc) is 3.34. The molecule has 1 amide bonds. The van der Waals surface area contributed by atoms with Crippen molar-refractivity contribution in [2.24, 2.45) is 5.92 Å². The lowest BCUT2D eigenvalue weighted by Gasteiger charge is -2.15. The van der Waals surface area contributed by atoms with Crippen LogP contribution < -0.4 is 10.6 Å². The highest BCUT2D eigenvalue weighted by Crippen LogP contribution is 2.40. The molecule has 2 aromatic rings. The minimum absolute atomic E-state index is 0. The number of benzene rings is 1. The molecule has 1 aliphatic carbocycles. The summed E-state index contributed by atoms with van der Waals surface area (Å²) in [6.45, 7) is 1.76. The molecule has 2 fully saturated rings. The van der Waals surface area contributed by atoms with Crippen molar-refractivity contribution in [2.45, 2.75) is 24.9 Å². The SMILES string of the molecule is Cl.Cl.O=C(NCC1CNCC1O)c1cc(C2CC2)nc2ccc(Cl)cc12. The molecule has 8 heteroatoms. The van der Waals surface area contributed by atoms with Crippen LogP contribution in [-0.4, -0.2) is 41.7 Å². The smallest absolute Gasteiger partial charge is 0.252 e. The number of amides is 1. The summed E-state index contributed by atoms with van der Waals surface area (Å²) in [5, 5.41) is 17.3. The number of carbonyl (C=O) groups is 1. The van der Waals surface area contributed by atoms with Crippen LogP contribution in [0, 0.1) is 5.92 Å². The third-order valence-electron chi connectivity index (χ3n) is 4.86. The molecular formula is C18H22Cl3N3O2. The zero-order valence-corrected chi connectivity index (χ0v) is 16.5. The molecule has 2 aliphatic rings. The quantitative estimate of drug-likeness (QED) is 0.714. The van der Waals surface area contributed by atoms with E-state index in [4.69, 9.17) is 11.6 Å². The zero-order valence-electron chi connectivity index (χ0n) is 14.1.